The zero-order chi connectivity index (χ0) is 13.1. The van der Waals surface area contributed by atoms with E-state index in [4.69, 9.17) is 5.11 Å². The highest BCUT2D eigenvalue weighted by Gasteiger charge is 2.32. The van der Waals surface area contributed by atoms with Crippen LogP contribution in [0.2, 0.25) is 0 Å². The first-order valence-electron chi connectivity index (χ1n) is 7.00. The normalized spacial score (nSPS) is 23.7. The Morgan fingerprint density at radius 3 is 2.50 bits per heavy atom. The fourth-order valence-electron chi connectivity index (χ4n) is 2.45. The fraction of sp³-hybridized carbons (Fsp3) is 0.923. The monoisotopic (exact) mass is 255 g/mol. The quantitative estimate of drug-likeness (QED) is 0.775. The van der Waals surface area contributed by atoms with Crippen molar-refractivity contribution in [2.75, 3.05) is 26.7 Å². The predicted octanol–water partition coefficient (Wildman–Crippen LogP) is 0.635. The number of piperidine rings is 1. The van der Waals surface area contributed by atoms with Crippen LogP contribution in [0.5, 0.6) is 0 Å². The van der Waals surface area contributed by atoms with E-state index in [9.17, 15) is 4.79 Å². The minimum absolute atomic E-state index is 0.00401. The molecule has 0 aromatic rings. The van der Waals surface area contributed by atoms with Gasteiger partial charge in [0.2, 0.25) is 0 Å². The minimum Gasteiger partial charge on any atom is -0.394 e. The second kappa shape index (κ2) is 5.89. The van der Waals surface area contributed by atoms with Crippen LogP contribution in [0.15, 0.2) is 0 Å². The number of aliphatic hydroxyl groups is 1. The molecule has 2 amide bonds. The molecule has 1 unspecified atom stereocenters. The largest absolute Gasteiger partial charge is 0.394 e. The molecule has 0 aromatic heterocycles. The lowest BCUT2D eigenvalue weighted by atomic mass is 10.1. The van der Waals surface area contributed by atoms with Gasteiger partial charge in [-0.3, -0.25) is 0 Å². The molecule has 5 heteroatoms. The van der Waals surface area contributed by atoms with Crippen LogP contribution in [0, 0.1) is 0 Å². The molecule has 2 aliphatic rings. The summed E-state index contributed by atoms with van der Waals surface area (Å²) in [5, 5.41) is 12.1. The highest BCUT2D eigenvalue weighted by atomic mass is 16.3. The minimum atomic E-state index is -0.128. The number of hydrogen-bond donors (Lipinski definition) is 2. The summed E-state index contributed by atoms with van der Waals surface area (Å²) in [6.07, 6.45) is 4.80. The lowest BCUT2D eigenvalue weighted by molar-refractivity contribution is 0.145. The number of carbonyl (C=O) groups excluding carboxylic acids is 1. The molecule has 1 heterocycles. The first kappa shape index (κ1) is 13.6. The van der Waals surface area contributed by atoms with E-state index < -0.39 is 0 Å². The average Bonchev–Trinajstić information content (AvgIpc) is 3.22. The Bertz CT molecular complexity index is 286. The van der Waals surface area contributed by atoms with Crippen LogP contribution in [0.25, 0.3) is 0 Å². The molecule has 5 nitrogen and oxygen atoms in total. The van der Waals surface area contributed by atoms with Gasteiger partial charge in [0.1, 0.15) is 0 Å². The summed E-state index contributed by atoms with van der Waals surface area (Å²) in [7, 11) is 1.73. The molecular weight excluding hydrogens is 230 g/mol. The van der Waals surface area contributed by atoms with Gasteiger partial charge in [-0.15, -0.1) is 0 Å². The van der Waals surface area contributed by atoms with E-state index in [-0.39, 0.29) is 18.7 Å². The summed E-state index contributed by atoms with van der Waals surface area (Å²) < 4.78 is 0. The van der Waals surface area contributed by atoms with E-state index in [1.165, 1.54) is 12.8 Å². The van der Waals surface area contributed by atoms with E-state index >= 15 is 0 Å². The maximum atomic E-state index is 11.9. The number of amides is 2. The van der Waals surface area contributed by atoms with Crippen molar-refractivity contribution in [3.05, 3.63) is 0 Å². The molecule has 0 spiro atoms. The van der Waals surface area contributed by atoms with Crippen LogP contribution < -0.4 is 5.32 Å². The van der Waals surface area contributed by atoms with Crippen LogP contribution in [0.3, 0.4) is 0 Å². The topological polar surface area (TPSA) is 55.8 Å². The van der Waals surface area contributed by atoms with Gasteiger partial charge < -0.3 is 20.2 Å². The molecule has 2 rings (SSSR count). The molecule has 2 fully saturated rings. The van der Waals surface area contributed by atoms with E-state index in [1.54, 1.807) is 11.9 Å². The number of rotatable bonds is 4. The van der Waals surface area contributed by atoms with Gasteiger partial charge in [0.15, 0.2) is 0 Å². The summed E-state index contributed by atoms with van der Waals surface area (Å²) >= 11 is 0. The average molecular weight is 255 g/mol. The van der Waals surface area contributed by atoms with Crippen LogP contribution in [-0.2, 0) is 0 Å². The number of aliphatic hydroxyl groups excluding tert-OH is 1. The van der Waals surface area contributed by atoms with E-state index in [2.05, 4.69) is 10.2 Å². The second-order valence-electron chi connectivity index (χ2n) is 5.63. The molecule has 1 aliphatic carbocycles. The number of likely N-dealkylation sites (N-methyl/N-ethyl adjacent to an activating group) is 1. The summed E-state index contributed by atoms with van der Waals surface area (Å²) in [4.78, 5) is 16.1. The SMILES string of the molecule is CC(CO)N(C)C(=O)NC1CCN(C2CC2)CC1. The lowest BCUT2D eigenvalue weighted by Gasteiger charge is -2.34. The van der Waals surface area contributed by atoms with Crippen molar-refractivity contribution in [1.82, 2.24) is 15.1 Å². The molecule has 104 valence electrons. The van der Waals surface area contributed by atoms with Crippen molar-refractivity contribution >= 4 is 6.03 Å². The highest BCUT2D eigenvalue weighted by molar-refractivity contribution is 5.74. The van der Waals surface area contributed by atoms with Gasteiger partial charge in [0, 0.05) is 32.2 Å². The van der Waals surface area contributed by atoms with Crippen LogP contribution in [0.4, 0.5) is 4.79 Å². The van der Waals surface area contributed by atoms with Crippen LogP contribution >= 0.6 is 0 Å². The summed E-state index contributed by atoms with van der Waals surface area (Å²) in [5.41, 5.74) is 0. The third kappa shape index (κ3) is 3.36. The molecule has 18 heavy (non-hydrogen) atoms. The third-order valence-corrected chi connectivity index (χ3v) is 4.17. The van der Waals surface area contributed by atoms with Crippen molar-refractivity contribution in [2.24, 2.45) is 0 Å². The Labute approximate surface area is 109 Å². The van der Waals surface area contributed by atoms with Gasteiger partial charge in [-0.05, 0) is 32.6 Å². The number of likely N-dealkylation sites (tertiary alicyclic amines) is 1. The first-order valence-corrected chi connectivity index (χ1v) is 7.00. The zero-order valence-electron chi connectivity index (χ0n) is 11.4. The number of urea groups is 1. The molecule has 0 bridgehead atoms. The lowest BCUT2D eigenvalue weighted by Crippen LogP contribution is -2.51. The highest BCUT2D eigenvalue weighted by Crippen LogP contribution is 2.29. The Balaban J connectivity index is 1.71. The third-order valence-electron chi connectivity index (χ3n) is 4.17. The molecular formula is C13H25N3O2. The van der Waals surface area contributed by atoms with Crippen molar-refractivity contribution < 1.29 is 9.90 Å². The second-order valence-corrected chi connectivity index (χ2v) is 5.63. The number of carbonyl (C=O) groups is 1. The summed E-state index contributed by atoms with van der Waals surface area (Å²) in [6.45, 7) is 4.06. The number of hydrogen-bond acceptors (Lipinski definition) is 3. The van der Waals surface area contributed by atoms with Crippen LogP contribution in [-0.4, -0.2) is 65.8 Å². The Hall–Kier alpha value is -0.810. The van der Waals surface area contributed by atoms with Gasteiger partial charge in [-0.1, -0.05) is 0 Å². The van der Waals surface area contributed by atoms with Gasteiger partial charge in [0.25, 0.3) is 0 Å². The van der Waals surface area contributed by atoms with E-state index in [1.807, 2.05) is 6.92 Å². The molecule has 2 N–H and O–H groups in total. The Morgan fingerprint density at radius 2 is 2.00 bits per heavy atom. The van der Waals surface area contributed by atoms with Crippen LogP contribution in [0.1, 0.15) is 32.6 Å². The van der Waals surface area contributed by atoms with Gasteiger partial charge in [0.05, 0.1) is 12.6 Å². The van der Waals surface area contributed by atoms with E-state index in [0.717, 1.165) is 32.0 Å². The fourth-order valence-corrected chi connectivity index (χ4v) is 2.45. The number of nitrogens with zero attached hydrogens (tertiary/aromatic N) is 2. The maximum absolute atomic E-state index is 11.9. The van der Waals surface area contributed by atoms with Crippen molar-refractivity contribution in [3.8, 4) is 0 Å². The van der Waals surface area contributed by atoms with Gasteiger partial charge in [-0.2, -0.15) is 0 Å². The smallest absolute Gasteiger partial charge is 0.317 e. The molecule has 1 saturated heterocycles. The molecule has 1 aliphatic heterocycles. The number of nitrogens with one attached hydrogen (secondary N) is 1. The summed E-state index contributed by atoms with van der Waals surface area (Å²) in [5.74, 6) is 0. The standard InChI is InChI=1S/C13H25N3O2/c1-10(9-17)15(2)13(18)14-11-5-7-16(8-6-11)12-3-4-12/h10-12,17H,3-9H2,1-2H3,(H,14,18). The van der Waals surface area contributed by atoms with Crippen molar-refractivity contribution in [1.29, 1.82) is 0 Å². The van der Waals surface area contributed by atoms with Crippen molar-refractivity contribution in [2.45, 2.75) is 50.7 Å². The van der Waals surface area contributed by atoms with Gasteiger partial charge >= 0.3 is 6.03 Å². The van der Waals surface area contributed by atoms with Crippen molar-refractivity contribution in [3.63, 3.8) is 0 Å². The molecule has 1 atom stereocenters. The predicted molar refractivity (Wildman–Crippen MR) is 70.5 cm³/mol. The molecule has 0 radical (unpaired) electrons. The first-order chi connectivity index (χ1) is 8.61. The Morgan fingerprint density at radius 1 is 1.39 bits per heavy atom. The zero-order valence-corrected chi connectivity index (χ0v) is 11.4. The molecule has 1 saturated carbocycles. The maximum Gasteiger partial charge on any atom is 0.317 e. The van der Waals surface area contributed by atoms with E-state index in [0.29, 0.717) is 6.04 Å². The molecule has 0 aromatic carbocycles. The Kier molecular flexibility index (Phi) is 4.45. The van der Waals surface area contributed by atoms with Gasteiger partial charge in [-0.25, -0.2) is 4.79 Å². The summed E-state index contributed by atoms with van der Waals surface area (Å²) in [6, 6.07) is 0.928.